The third-order valence-corrected chi connectivity index (χ3v) is 4.21. The van der Waals surface area contributed by atoms with Gasteiger partial charge in [0.05, 0.1) is 17.6 Å². The Morgan fingerprint density at radius 1 is 1.48 bits per heavy atom. The van der Waals surface area contributed by atoms with E-state index in [9.17, 15) is 10.5 Å². The molecule has 8 heteroatoms. The molecule has 1 aliphatic rings. The van der Waals surface area contributed by atoms with Crippen LogP contribution in [0.25, 0.3) is 0 Å². The Morgan fingerprint density at radius 3 is 2.72 bits per heavy atom. The number of hydrogen-bond acceptors (Lipinski definition) is 5. The van der Waals surface area contributed by atoms with Crippen LogP contribution < -0.4 is 4.90 Å². The first-order chi connectivity index (χ1) is 11.9. The molecule has 0 unspecified atom stereocenters. The van der Waals surface area contributed by atoms with Gasteiger partial charge in [0.2, 0.25) is 0 Å². The van der Waals surface area contributed by atoms with Crippen LogP contribution in [0, 0.1) is 11.3 Å². The van der Waals surface area contributed by atoms with Crippen molar-refractivity contribution in [3.8, 4) is 6.07 Å². The lowest BCUT2D eigenvalue weighted by atomic mass is 10.1. The van der Waals surface area contributed by atoms with Gasteiger partial charge in [-0.15, -0.1) is 5.01 Å². The fourth-order valence-electron chi connectivity index (χ4n) is 2.93. The topological polar surface area (TPSA) is 88.0 Å². The van der Waals surface area contributed by atoms with Crippen LogP contribution in [0.1, 0.15) is 46.1 Å². The van der Waals surface area contributed by atoms with Gasteiger partial charge in [-0.1, -0.05) is 0 Å². The summed E-state index contributed by atoms with van der Waals surface area (Å²) >= 11 is 0. The van der Waals surface area contributed by atoms with Crippen molar-refractivity contribution in [1.29, 1.82) is 5.26 Å². The second-order valence-corrected chi connectivity index (χ2v) is 7.01. The molecule has 1 aromatic heterocycles. The highest BCUT2D eigenvalue weighted by Crippen LogP contribution is 2.22. The van der Waals surface area contributed by atoms with Crippen LogP contribution in [-0.2, 0) is 4.84 Å². The van der Waals surface area contributed by atoms with E-state index in [-0.39, 0.29) is 11.6 Å². The molecule has 1 N–H and O–H groups in total. The van der Waals surface area contributed by atoms with E-state index in [0.29, 0.717) is 17.9 Å². The highest BCUT2D eigenvalue weighted by Gasteiger charge is 2.32. The van der Waals surface area contributed by atoms with Crippen molar-refractivity contribution in [3.05, 3.63) is 23.9 Å². The maximum atomic E-state index is 10.1. The van der Waals surface area contributed by atoms with Gasteiger partial charge in [-0.2, -0.15) is 5.26 Å². The zero-order valence-electron chi connectivity index (χ0n) is 15.4. The van der Waals surface area contributed by atoms with Crippen LogP contribution in [-0.4, -0.2) is 51.4 Å². The summed E-state index contributed by atoms with van der Waals surface area (Å²) in [6.45, 7) is 10.0. The molecule has 0 radical (unpaired) electrons. The number of nitriles is 1. The minimum Gasteiger partial charge on any atom is -0.355 e. The van der Waals surface area contributed by atoms with Gasteiger partial charge in [0.1, 0.15) is 18.0 Å². The minimum absolute atomic E-state index is 0.0705. The number of rotatable bonds is 5. The second kappa shape index (κ2) is 8.01. The van der Waals surface area contributed by atoms with E-state index in [1.807, 2.05) is 27.7 Å². The molecule has 1 aromatic rings. The number of hydrogen-bond donors (Lipinski definition) is 1. The van der Waals surface area contributed by atoms with Crippen LogP contribution in [0.5, 0.6) is 0 Å². The van der Waals surface area contributed by atoms with Crippen molar-refractivity contribution in [2.24, 2.45) is 5.28 Å². The molecular weight excluding hydrogens is 320 g/mol. The minimum atomic E-state index is -0.258. The average Bonchev–Trinajstić information content (AvgIpc) is 2.59. The lowest BCUT2D eigenvalue weighted by Crippen LogP contribution is -2.46. The van der Waals surface area contributed by atoms with Gasteiger partial charge < -0.3 is 9.74 Å². The fraction of sp³-hybridized carbons (Fsp3) is 0.647. The van der Waals surface area contributed by atoms with Crippen molar-refractivity contribution >= 4 is 5.82 Å². The van der Waals surface area contributed by atoms with Gasteiger partial charge in [0, 0.05) is 32.1 Å². The smallest absolute Gasteiger partial charge is 0.274 e. The lowest BCUT2D eigenvalue weighted by molar-refractivity contribution is -0.949. The summed E-state index contributed by atoms with van der Waals surface area (Å²) in [7, 11) is 0. The molecule has 1 aliphatic heterocycles. The summed E-state index contributed by atoms with van der Waals surface area (Å²) in [6, 6.07) is 5.72. The third-order valence-electron chi connectivity index (χ3n) is 4.21. The summed E-state index contributed by atoms with van der Waals surface area (Å²) in [5.74, 6) is 0.717. The predicted molar refractivity (Wildman–Crippen MR) is 91.9 cm³/mol. The molecule has 2 heterocycles. The van der Waals surface area contributed by atoms with Crippen LogP contribution in [0.15, 0.2) is 23.6 Å². The number of piperidine rings is 1. The standard InChI is InChI=1S/C17H27N6O2/c1-5-22(17(2,3)4)23(24)20-25-15-8-11-21(12-9-15)16-14(13-18)7-6-10-19-16/h6-7,10,15H,5,8-9,11-12H2,1-4H3,(H,20,24)/q+1. The normalized spacial score (nSPS) is 16.4. The van der Waals surface area contributed by atoms with Crippen molar-refractivity contribution in [1.82, 2.24) is 9.99 Å². The molecule has 0 spiro atoms. The summed E-state index contributed by atoms with van der Waals surface area (Å²) < 4.78 is 0. The number of nitrogens with zero attached hydrogens (tertiary/aromatic N) is 6. The van der Waals surface area contributed by atoms with E-state index < -0.39 is 0 Å². The zero-order chi connectivity index (χ0) is 18.4. The number of anilines is 1. The monoisotopic (exact) mass is 347 g/mol. The fourth-order valence-corrected chi connectivity index (χ4v) is 2.93. The molecule has 0 aromatic carbocycles. The maximum Gasteiger partial charge on any atom is 0.274 e. The Hall–Kier alpha value is -2.56. The molecule has 25 heavy (non-hydrogen) atoms. The molecule has 2 rings (SSSR count). The summed E-state index contributed by atoms with van der Waals surface area (Å²) in [5.41, 5.74) is 0.323. The summed E-state index contributed by atoms with van der Waals surface area (Å²) in [6.07, 6.45) is 3.13. The lowest BCUT2D eigenvalue weighted by Gasteiger charge is -2.31. The molecule has 0 saturated carbocycles. The highest BCUT2D eigenvalue weighted by molar-refractivity contribution is 5.53. The van der Waals surface area contributed by atoms with Crippen LogP contribution >= 0.6 is 0 Å². The largest absolute Gasteiger partial charge is 0.355 e. The zero-order valence-corrected chi connectivity index (χ0v) is 15.4. The molecular formula is C17H27N6O2+. The second-order valence-electron chi connectivity index (χ2n) is 7.01. The third kappa shape index (κ3) is 4.72. The number of hydrazine groups is 1. The first kappa shape index (κ1) is 18.8. The SMILES string of the molecule is CCN(/[N+](O)=N/OC1CCN(c2ncccc2C#N)CC1)C(C)(C)C. The van der Waals surface area contributed by atoms with E-state index in [4.69, 9.17) is 4.84 Å². The molecule has 0 atom stereocenters. The summed E-state index contributed by atoms with van der Waals surface area (Å²) in [4.78, 5) is 12.7. The molecule has 0 amide bonds. The highest BCUT2D eigenvalue weighted by atomic mass is 16.7. The molecule has 0 bridgehead atoms. The first-order valence-electron chi connectivity index (χ1n) is 8.60. The Balaban J connectivity index is 1.92. The molecule has 1 fully saturated rings. The van der Waals surface area contributed by atoms with Crippen molar-refractivity contribution in [2.75, 3.05) is 24.5 Å². The van der Waals surface area contributed by atoms with Crippen LogP contribution in [0.2, 0.25) is 0 Å². The van der Waals surface area contributed by atoms with Gasteiger partial charge in [0.15, 0.2) is 0 Å². The van der Waals surface area contributed by atoms with Gasteiger partial charge >= 0.3 is 0 Å². The Bertz CT molecular complexity index is 641. The van der Waals surface area contributed by atoms with Crippen molar-refractivity contribution in [3.63, 3.8) is 0 Å². The quantitative estimate of drug-likeness (QED) is 0.500. The first-order valence-corrected chi connectivity index (χ1v) is 8.60. The van der Waals surface area contributed by atoms with E-state index in [1.54, 1.807) is 23.3 Å². The summed E-state index contributed by atoms with van der Waals surface area (Å²) in [5, 5.41) is 24.8. The van der Waals surface area contributed by atoms with Gasteiger partial charge in [-0.25, -0.2) is 10.2 Å². The van der Waals surface area contributed by atoms with Gasteiger partial charge in [-0.05, 0) is 39.8 Å². The van der Waals surface area contributed by atoms with E-state index in [1.165, 1.54) is 0 Å². The van der Waals surface area contributed by atoms with Gasteiger partial charge in [0.25, 0.3) is 10.2 Å². The maximum absolute atomic E-state index is 10.1. The number of pyridine rings is 1. The van der Waals surface area contributed by atoms with Crippen LogP contribution in [0.4, 0.5) is 5.82 Å². The Kier molecular flexibility index (Phi) is 6.02. The van der Waals surface area contributed by atoms with E-state index >= 15 is 0 Å². The molecule has 8 nitrogen and oxygen atoms in total. The predicted octanol–water partition coefficient (Wildman–Crippen LogP) is 2.74. The van der Waals surface area contributed by atoms with Crippen LogP contribution in [0.3, 0.4) is 0 Å². The van der Waals surface area contributed by atoms with E-state index in [0.717, 1.165) is 30.9 Å². The van der Waals surface area contributed by atoms with E-state index in [2.05, 4.69) is 21.2 Å². The average molecular weight is 347 g/mol. The number of aromatic nitrogens is 1. The van der Waals surface area contributed by atoms with Crippen molar-refractivity contribution in [2.45, 2.75) is 52.2 Å². The molecule has 1 saturated heterocycles. The Morgan fingerprint density at radius 2 is 2.16 bits per heavy atom. The molecule has 136 valence electrons. The van der Waals surface area contributed by atoms with Gasteiger partial charge in [-0.3, -0.25) is 0 Å². The molecule has 0 aliphatic carbocycles. The van der Waals surface area contributed by atoms with Crippen molar-refractivity contribution < 1.29 is 15.0 Å². The Labute approximate surface area is 148 Å².